The van der Waals surface area contributed by atoms with Gasteiger partial charge in [-0.15, -0.1) is 0 Å². The number of nitrogen functional groups attached to an aromatic ring is 1. The average molecular weight is 271 g/mol. The number of carbonyl (C=O) groups is 1. The summed E-state index contributed by atoms with van der Waals surface area (Å²) in [7, 11) is 0. The van der Waals surface area contributed by atoms with E-state index >= 15 is 0 Å². The zero-order valence-corrected chi connectivity index (χ0v) is 11.1. The van der Waals surface area contributed by atoms with Crippen LogP contribution in [-0.4, -0.2) is 29.0 Å². The molecule has 2 aromatic rings. The summed E-state index contributed by atoms with van der Waals surface area (Å²) < 4.78 is 0. The van der Waals surface area contributed by atoms with Crippen LogP contribution >= 0.6 is 0 Å². The van der Waals surface area contributed by atoms with Crippen molar-refractivity contribution in [3.8, 4) is 0 Å². The minimum absolute atomic E-state index is 0.109. The third-order valence-electron chi connectivity index (χ3n) is 3.76. The lowest BCUT2D eigenvalue weighted by molar-refractivity contribution is -0.122. The van der Waals surface area contributed by atoms with Gasteiger partial charge in [0.15, 0.2) is 0 Å². The number of hydrogen-bond donors (Lipinski definition) is 2. The smallest absolute Gasteiger partial charge is 0.222 e. The molecule has 20 heavy (non-hydrogen) atoms. The Labute approximate surface area is 116 Å². The predicted molar refractivity (Wildman–Crippen MR) is 78.1 cm³/mol. The van der Waals surface area contributed by atoms with Crippen LogP contribution in [0.3, 0.4) is 0 Å². The molecule has 6 nitrogen and oxygen atoms in total. The molecule has 0 aliphatic carbocycles. The number of aromatic nitrogens is 2. The molecular weight excluding hydrogens is 254 g/mol. The Bertz CT molecular complexity index is 657. The Hall–Kier alpha value is -2.37. The van der Waals surface area contributed by atoms with Crippen molar-refractivity contribution in [3.63, 3.8) is 0 Å². The first-order chi connectivity index (χ1) is 9.65. The molecule has 0 radical (unpaired) electrons. The van der Waals surface area contributed by atoms with Crippen molar-refractivity contribution in [1.29, 1.82) is 0 Å². The fourth-order valence-corrected chi connectivity index (χ4v) is 2.71. The van der Waals surface area contributed by atoms with Gasteiger partial charge in [-0.1, -0.05) is 0 Å². The number of hydrogen-bond acceptors (Lipinski definition) is 5. The highest BCUT2D eigenvalue weighted by atomic mass is 16.1. The summed E-state index contributed by atoms with van der Waals surface area (Å²) in [6.45, 7) is 1.49. The van der Waals surface area contributed by atoms with Gasteiger partial charge in [0.2, 0.25) is 5.91 Å². The van der Waals surface area contributed by atoms with E-state index in [9.17, 15) is 4.79 Å². The number of anilines is 2. The third-order valence-corrected chi connectivity index (χ3v) is 3.76. The van der Waals surface area contributed by atoms with Crippen molar-refractivity contribution in [2.24, 2.45) is 11.7 Å². The molecule has 104 valence electrons. The van der Waals surface area contributed by atoms with Crippen LogP contribution < -0.4 is 16.4 Å². The van der Waals surface area contributed by atoms with Gasteiger partial charge in [-0.2, -0.15) is 0 Å². The molecule has 1 saturated heterocycles. The largest absolute Gasteiger partial charge is 0.399 e. The molecule has 4 N–H and O–H groups in total. The van der Waals surface area contributed by atoms with E-state index in [2.05, 4.69) is 14.9 Å². The fraction of sp³-hybridized carbons (Fsp3) is 0.357. The van der Waals surface area contributed by atoms with Gasteiger partial charge in [-0.05, 0) is 31.0 Å². The molecule has 1 unspecified atom stereocenters. The van der Waals surface area contributed by atoms with Crippen molar-refractivity contribution >= 4 is 28.3 Å². The molecule has 1 aliphatic rings. The van der Waals surface area contributed by atoms with E-state index < -0.39 is 0 Å². The molecule has 1 aliphatic heterocycles. The van der Waals surface area contributed by atoms with Crippen LogP contribution in [0.1, 0.15) is 12.8 Å². The summed E-state index contributed by atoms with van der Waals surface area (Å²) in [4.78, 5) is 22.1. The number of nitrogens with two attached hydrogens (primary N) is 2. The normalized spacial score (nSPS) is 19.2. The van der Waals surface area contributed by atoms with Gasteiger partial charge in [-0.3, -0.25) is 4.79 Å². The minimum atomic E-state index is -0.239. The zero-order chi connectivity index (χ0) is 14.1. The average Bonchev–Trinajstić information content (AvgIpc) is 2.46. The molecule has 2 heterocycles. The Balaban J connectivity index is 1.99. The molecule has 6 heteroatoms. The summed E-state index contributed by atoms with van der Waals surface area (Å²) in [5, 5.41) is 0.951. The SMILES string of the molecule is NC(=O)C1CCCN(c2ncnc3cc(N)ccc23)C1. The van der Waals surface area contributed by atoms with Crippen LogP contribution in [0.4, 0.5) is 11.5 Å². The van der Waals surface area contributed by atoms with Crippen molar-refractivity contribution in [2.75, 3.05) is 23.7 Å². The van der Waals surface area contributed by atoms with Crippen LogP contribution in [-0.2, 0) is 4.79 Å². The predicted octanol–water partition coefficient (Wildman–Crippen LogP) is 0.914. The van der Waals surface area contributed by atoms with Crippen molar-refractivity contribution in [2.45, 2.75) is 12.8 Å². The summed E-state index contributed by atoms with van der Waals surface area (Å²) in [6, 6.07) is 5.59. The van der Waals surface area contributed by atoms with E-state index in [0.717, 1.165) is 36.1 Å². The first-order valence-corrected chi connectivity index (χ1v) is 6.69. The highest BCUT2D eigenvalue weighted by Gasteiger charge is 2.25. The standard InChI is InChI=1S/C14H17N5O/c15-10-3-4-11-12(6-10)17-8-18-14(11)19-5-1-2-9(7-19)13(16)20/h3-4,6,8-9H,1-2,5,7,15H2,(H2,16,20). The number of rotatable bonds is 2. The number of nitrogens with zero attached hydrogens (tertiary/aromatic N) is 3. The van der Waals surface area contributed by atoms with Gasteiger partial charge in [0.25, 0.3) is 0 Å². The summed E-state index contributed by atoms with van der Waals surface area (Å²) >= 11 is 0. The number of amides is 1. The van der Waals surface area contributed by atoms with Gasteiger partial charge in [0.1, 0.15) is 12.1 Å². The Kier molecular flexibility index (Phi) is 3.14. The fourth-order valence-electron chi connectivity index (χ4n) is 2.71. The van der Waals surface area contributed by atoms with Gasteiger partial charge < -0.3 is 16.4 Å². The first-order valence-electron chi connectivity index (χ1n) is 6.69. The maximum absolute atomic E-state index is 11.4. The maximum atomic E-state index is 11.4. The molecule has 1 fully saturated rings. The topological polar surface area (TPSA) is 98.1 Å². The van der Waals surface area contributed by atoms with Crippen LogP contribution in [0.15, 0.2) is 24.5 Å². The Morgan fingerprint density at radius 3 is 3.00 bits per heavy atom. The van der Waals surface area contributed by atoms with E-state index in [1.807, 2.05) is 18.2 Å². The van der Waals surface area contributed by atoms with Crippen LogP contribution in [0.5, 0.6) is 0 Å². The van der Waals surface area contributed by atoms with E-state index in [0.29, 0.717) is 12.2 Å². The monoisotopic (exact) mass is 271 g/mol. The van der Waals surface area contributed by atoms with Crippen molar-refractivity contribution in [1.82, 2.24) is 9.97 Å². The van der Waals surface area contributed by atoms with E-state index in [1.54, 1.807) is 0 Å². The molecule has 1 aromatic carbocycles. The van der Waals surface area contributed by atoms with Crippen LogP contribution in [0.2, 0.25) is 0 Å². The molecule has 0 saturated carbocycles. The lowest BCUT2D eigenvalue weighted by Gasteiger charge is -2.32. The number of primary amides is 1. The molecule has 1 aromatic heterocycles. The number of benzene rings is 1. The van der Waals surface area contributed by atoms with Gasteiger partial charge in [0, 0.05) is 24.2 Å². The summed E-state index contributed by atoms with van der Waals surface area (Å²) in [5.41, 5.74) is 12.7. The maximum Gasteiger partial charge on any atom is 0.222 e. The van der Waals surface area contributed by atoms with Crippen molar-refractivity contribution in [3.05, 3.63) is 24.5 Å². The highest BCUT2D eigenvalue weighted by Crippen LogP contribution is 2.28. The molecule has 0 bridgehead atoms. The lowest BCUT2D eigenvalue weighted by Crippen LogP contribution is -2.41. The van der Waals surface area contributed by atoms with Gasteiger partial charge >= 0.3 is 0 Å². The minimum Gasteiger partial charge on any atom is -0.399 e. The third kappa shape index (κ3) is 2.24. The quantitative estimate of drug-likeness (QED) is 0.791. The second-order valence-electron chi connectivity index (χ2n) is 5.16. The second kappa shape index (κ2) is 4.96. The Morgan fingerprint density at radius 1 is 1.35 bits per heavy atom. The number of piperidine rings is 1. The van der Waals surface area contributed by atoms with Gasteiger partial charge in [0.05, 0.1) is 11.4 Å². The first kappa shape index (κ1) is 12.7. The number of fused-ring (bicyclic) bond motifs is 1. The van der Waals surface area contributed by atoms with E-state index in [4.69, 9.17) is 11.5 Å². The molecule has 3 rings (SSSR count). The van der Waals surface area contributed by atoms with E-state index in [1.165, 1.54) is 6.33 Å². The zero-order valence-electron chi connectivity index (χ0n) is 11.1. The molecule has 0 spiro atoms. The highest BCUT2D eigenvalue weighted by molar-refractivity contribution is 5.91. The van der Waals surface area contributed by atoms with Crippen molar-refractivity contribution < 1.29 is 4.79 Å². The van der Waals surface area contributed by atoms with Gasteiger partial charge in [-0.25, -0.2) is 9.97 Å². The molecular formula is C14H17N5O. The van der Waals surface area contributed by atoms with Crippen LogP contribution in [0.25, 0.3) is 10.9 Å². The Morgan fingerprint density at radius 2 is 2.20 bits per heavy atom. The van der Waals surface area contributed by atoms with E-state index in [-0.39, 0.29) is 11.8 Å². The lowest BCUT2D eigenvalue weighted by atomic mass is 9.97. The van der Waals surface area contributed by atoms with Crippen LogP contribution in [0, 0.1) is 5.92 Å². The second-order valence-corrected chi connectivity index (χ2v) is 5.16. The molecule has 1 amide bonds. The molecule has 1 atom stereocenters. The summed E-state index contributed by atoms with van der Waals surface area (Å²) in [5.74, 6) is 0.501. The number of carbonyl (C=O) groups excluding carboxylic acids is 1. The summed E-state index contributed by atoms with van der Waals surface area (Å²) in [6.07, 6.45) is 3.32.